The number of aromatic hydroxyl groups is 2. The molecule has 0 saturated carbocycles. The number of rotatable bonds is 8. The van der Waals surface area contributed by atoms with Gasteiger partial charge in [0.15, 0.2) is 0 Å². The second kappa shape index (κ2) is 12.9. The highest BCUT2D eigenvalue weighted by molar-refractivity contribution is 6.00. The van der Waals surface area contributed by atoms with Gasteiger partial charge in [0.2, 0.25) is 0 Å². The summed E-state index contributed by atoms with van der Waals surface area (Å²) in [7, 11) is 0. The molecule has 3 aromatic rings. The van der Waals surface area contributed by atoms with Crippen molar-refractivity contribution in [1.29, 1.82) is 0 Å². The molecule has 0 fully saturated rings. The molecule has 3 amide bonds. The lowest BCUT2D eigenvalue weighted by molar-refractivity contribution is -0.136. The Morgan fingerprint density at radius 3 is 2.12 bits per heavy atom. The number of benzene rings is 3. The monoisotopic (exact) mass is 557 g/mol. The highest BCUT2D eigenvalue weighted by Crippen LogP contribution is 2.28. The van der Waals surface area contributed by atoms with Gasteiger partial charge in [0.25, 0.3) is 11.8 Å². The van der Waals surface area contributed by atoms with Crippen LogP contribution in [0.1, 0.15) is 49.1 Å². The maximum atomic E-state index is 14.1. The molecule has 0 aliphatic rings. The number of aryl methyl sites for hydroxylation is 2. The predicted octanol–water partition coefficient (Wildman–Crippen LogP) is 4.95. The van der Waals surface area contributed by atoms with E-state index in [4.69, 9.17) is 11.2 Å². The van der Waals surface area contributed by atoms with Crippen LogP contribution < -0.4 is 10.6 Å². The molecular weight excluding hydrogens is 522 g/mol. The Morgan fingerprint density at radius 1 is 0.951 bits per heavy atom. The summed E-state index contributed by atoms with van der Waals surface area (Å²) in [6.45, 7) is 8.75. The number of hydrogen-bond acceptors (Lipinski definition) is 6. The predicted molar refractivity (Wildman–Crippen MR) is 156 cm³/mol. The molecule has 41 heavy (non-hydrogen) atoms. The lowest BCUT2D eigenvalue weighted by Crippen LogP contribution is -2.51. The van der Waals surface area contributed by atoms with Gasteiger partial charge >= 0.3 is 6.09 Å². The quantitative estimate of drug-likeness (QED) is 0.229. The van der Waals surface area contributed by atoms with Gasteiger partial charge in [-0.25, -0.2) is 4.79 Å². The van der Waals surface area contributed by atoms with Crippen molar-refractivity contribution in [2.45, 2.75) is 58.7 Å². The average molecular weight is 558 g/mol. The topological polar surface area (TPSA) is 128 Å². The van der Waals surface area contributed by atoms with E-state index in [0.29, 0.717) is 11.3 Å². The highest BCUT2D eigenvalue weighted by atomic mass is 16.6. The van der Waals surface area contributed by atoms with Crippen LogP contribution in [0.15, 0.2) is 66.7 Å². The highest BCUT2D eigenvalue weighted by Gasteiger charge is 2.36. The molecular formula is C32H35N3O6. The molecule has 0 bridgehead atoms. The molecule has 0 saturated heterocycles. The Hall–Kier alpha value is -4.97. The van der Waals surface area contributed by atoms with Crippen LogP contribution in [0, 0.1) is 26.3 Å². The van der Waals surface area contributed by atoms with Gasteiger partial charge in [-0.2, -0.15) is 0 Å². The third-order valence-corrected chi connectivity index (χ3v) is 6.16. The van der Waals surface area contributed by atoms with Gasteiger partial charge in [-0.3, -0.25) is 14.5 Å². The van der Waals surface area contributed by atoms with E-state index in [1.165, 1.54) is 30.3 Å². The Balaban J connectivity index is 2.04. The fraction of sp³-hybridized carbons (Fsp3) is 0.281. The maximum absolute atomic E-state index is 14.1. The first kappa shape index (κ1) is 30.6. The third kappa shape index (κ3) is 8.26. The smallest absolute Gasteiger partial charge is 0.408 e. The van der Waals surface area contributed by atoms with E-state index in [1.54, 1.807) is 39.0 Å². The molecule has 2 atom stereocenters. The molecule has 0 aliphatic carbocycles. The van der Waals surface area contributed by atoms with Crippen LogP contribution in [0.2, 0.25) is 0 Å². The molecule has 0 heterocycles. The fourth-order valence-electron chi connectivity index (χ4n) is 4.27. The van der Waals surface area contributed by atoms with Crippen molar-refractivity contribution < 1.29 is 29.3 Å². The number of carbonyl (C=O) groups excluding carboxylic acids is 3. The summed E-state index contributed by atoms with van der Waals surface area (Å²) in [6, 6.07) is 17.3. The third-order valence-electron chi connectivity index (χ3n) is 6.16. The molecule has 0 radical (unpaired) electrons. The van der Waals surface area contributed by atoms with Crippen LogP contribution in [0.5, 0.6) is 11.5 Å². The van der Waals surface area contributed by atoms with Crippen molar-refractivity contribution in [2.75, 3.05) is 5.32 Å². The van der Waals surface area contributed by atoms with E-state index in [9.17, 15) is 24.6 Å². The summed E-state index contributed by atoms with van der Waals surface area (Å²) in [5.74, 6) is -1.45. The summed E-state index contributed by atoms with van der Waals surface area (Å²) < 4.78 is 5.38. The van der Waals surface area contributed by atoms with E-state index in [0.717, 1.165) is 16.0 Å². The van der Waals surface area contributed by atoms with Gasteiger partial charge in [0.1, 0.15) is 29.2 Å². The zero-order valence-corrected chi connectivity index (χ0v) is 23.8. The summed E-state index contributed by atoms with van der Waals surface area (Å²) >= 11 is 0. The Labute approximate surface area is 240 Å². The van der Waals surface area contributed by atoms with Crippen molar-refractivity contribution in [3.63, 3.8) is 0 Å². The van der Waals surface area contributed by atoms with E-state index in [1.807, 2.05) is 32.0 Å². The Kier molecular flexibility index (Phi) is 9.63. The number of para-hydroxylation sites is 1. The van der Waals surface area contributed by atoms with Crippen molar-refractivity contribution in [2.24, 2.45) is 0 Å². The summed E-state index contributed by atoms with van der Waals surface area (Å²) in [5.41, 5.74) is 2.23. The largest absolute Gasteiger partial charge is 0.508 e. The van der Waals surface area contributed by atoms with Crippen LogP contribution in [0.4, 0.5) is 10.5 Å². The first-order valence-corrected chi connectivity index (χ1v) is 13.0. The second-order valence-corrected chi connectivity index (χ2v) is 10.7. The SMILES string of the molecule is C#CN(C(=O)C(Cc1ccc(O)cc1)NC(=O)OC(C)(C)C)C(C(=O)Nc1c(C)cccc1C)c1cccc(O)c1. The number of alkyl carbamates (subject to hydrolysis) is 1. The Bertz CT molecular complexity index is 1430. The zero-order valence-electron chi connectivity index (χ0n) is 23.8. The minimum atomic E-state index is -1.36. The van der Waals surface area contributed by atoms with Gasteiger partial charge in [-0.05, 0) is 81.1 Å². The van der Waals surface area contributed by atoms with Crippen LogP contribution in [0.25, 0.3) is 0 Å². The lowest BCUT2D eigenvalue weighted by Gasteiger charge is -2.31. The molecule has 3 rings (SSSR count). The number of carbonyl (C=O) groups is 3. The maximum Gasteiger partial charge on any atom is 0.408 e. The van der Waals surface area contributed by atoms with Gasteiger partial charge in [0, 0.05) is 18.2 Å². The van der Waals surface area contributed by atoms with E-state index in [-0.39, 0.29) is 23.5 Å². The van der Waals surface area contributed by atoms with E-state index >= 15 is 0 Å². The van der Waals surface area contributed by atoms with Crippen LogP contribution in [0.3, 0.4) is 0 Å². The number of hydrogen-bond donors (Lipinski definition) is 4. The number of amides is 3. The van der Waals surface area contributed by atoms with Gasteiger partial charge in [0.05, 0.1) is 0 Å². The molecule has 2 unspecified atom stereocenters. The van der Waals surface area contributed by atoms with E-state index < -0.39 is 35.6 Å². The van der Waals surface area contributed by atoms with Crippen LogP contribution in [-0.4, -0.2) is 44.7 Å². The molecule has 0 spiro atoms. The minimum absolute atomic E-state index is 0.0121. The number of terminal acetylenes is 1. The van der Waals surface area contributed by atoms with Crippen LogP contribution >= 0.6 is 0 Å². The molecule has 9 heteroatoms. The summed E-state index contributed by atoms with van der Waals surface area (Å²) in [4.78, 5) is 41.6. The molecule has 9 nitrogen and oxygen atoms in total. The first-order chi connectivity index (χ1) is 19.3. The number of ether oxygens (including phenoxy) is 1. The van der Waals surface area contributed by atoms with E-state index in [2.05, 4.69) is 16.7 Å². The number of phenolic OH excluding ortho intramolecular Hbond substituents is 2. The summed E-state index contributed by atoms with van der Waals surface area (Å²) in [6.07, 6.45) is 5.00. The van der Waals surface area contributed by atoms with Crippen LogP contribution in [-0.2, 0) is 20.7 Å². The zero-order chi connectivity index (χ0) is 30.3. The number of nitrogens with one attached hydrogen (secondary N) is 2. The van der Waals surface area contributed by atoms with Crippen molar-refractivity contribution in [3.05, 3.63) is 89.0 Å². The lowest BCUT2D eigenvalue weighted by atomic mass is 10.00. The molecule has 0 aromatic heterocycles. The number of nitrogens with zero attached hydrogens (tertiary/aromatic N) is 1. The van der Waals surface area contributed by atoms with Gasteiger partial charge in [-0.1, -0.05) is 48.9 Å². The standard InChI is InChI=1S/C32H35N3O6/c1-7-35(30(39)26(33-31(40)41-32(4,5)6)18-22-14-16-24(36)17-15-22)28(23-12-9-13-25(37)19-23)29(38)34-27-20(2)10-8-11-21(27)3/h1,8-17,19,26,28,36-37H,18H2,2-6H3,(H,33,40)(H,34,38). The summed E-state index contributed by atoms with van der Waals surface area (Å²) in [5, 5.41) is 25.3. The van der Waals surface area contributed by atoms with Crippen molar-refractivity contribution >= 4 is 23.6 Å². The Morgan fingerprint density at radius 2 is 1.56 bits per heavy atom. The van der Waals surface area contributed by atoms with Crippen molar-refractivity contribution in [1.82, 2.24) is 10.2 Å². The van der Waals surface area contributed by atoms with Gasteiger partial charge < -0.3 is 25.6 Å². The molecule has 0 aliphatic heterocycles. The molecule has 214 valence electrons. The normalized spacial score (nSPS) is 12.4. The minimum Gasteiger partial charge on any atom is -0.508 e. The van der Waals surface area contributed by atoms with Gasteiger partial charge in [-0.15, -0.1) is 0 Å². The molecule has 4 N–H and O–H groups in total. The average Bonchev–Trinajstić information content (AvgIpc) is 2.88. The number of phenols is 2. The first-order valence-electron chi connectivity index (χ1n) is 13.0. The fourth-order valence-corrected chi connectivity index (χ4v) is 4.27. The molecule has 3 aromatic carbocycles. The number of anilines is 1. The van der Waals surface area contributed by atoms with Crippen molar-refractivity contribution in [3.8, 4) is 24.0 Å². The second-order valence-electron chi connectivity index (χ2n) is 10.7.